The van der Waals surface area contributed by atoms with Crippen LogP contribution in [0.2, 0.25) is 5.02 Å². The molecule has 1 saturated heterocycles. The van der Waals surface area contributed by atoms with Gasteiger partial charge in [0.2, 0.25) is 5.91 Å². The molecule has 1 atom stereocenters. The molecular weight excluding hydrogens is 252 g/mol. The van der Waals surface area contributed by atoms with Crippen molar-refractivity contribution >= 4 is 23.3 Å². The van der Waals surface area contributed by atoms with Crippen molar-refractivity contribution in [3.05, 3.63) is 34.9 Å². The van der Waals surface area contributed by atoms with Crippen LogP contribution in [0.15, 0.2) is 24.3 Å². The van der Waals surface area contributed by atoms with Crippen LogP contribution in [0, 0.1) is 0 Å². The van der Waals surface area contributed by atoms with Gasteiger partial charge in [0.1, 0.15) is 0 Å². The Bertz CT molecular complexity index is 459. The van der Waals surface area contributed by atoms with Crippen molar-refractivity contribution in [2.24, 2.45) is 0 Å². The molecular formula is C13H15ClN2O2. The molecule has 1 aliphatic heterocycles. The van der Waals surface area contributed by atoms with Gasteiger partial charge >= 0.3 is 0 Å². The Balaban J connectivity index is 2.08. The van der Waals surface area contributed by atoms with Crippen molar-refractivity contribution in [1.29, 1.82) is 0 Å². The van der Waals surface area contributed by atoms with Crippen LogP contribution in [0.5, 0.6) is 0 Å². The van der Waals surface area contributed by atoms with Gasteiger partial charge in [-0.3, -0.25) is 14.5 Å². The van der Waals surface area contributed by atoms with Crippen LogP contribution in [-0.2, 0) is 4.79 Å². The zero-order valence-corrected chi connectivity index (χ0v) is 10.9. The van der Waals surface area contributed by atoms with Crippen molar-refractivity contribution < 1.29 is 9.59 Å². The second-order valence-electron chi connectivity index (χ2n) is 4.37. The van der Waals surface area contributed by atoms with Crippen LogP contribution >= 0.6 is 11.6 Å². The Hall–Kier alpha value is -1.39. The normalized spacial score (nSPS) is 18.2. The molecule has 1 unspecified atom stereocenters. The number of hydrogen-bond donors (Lipinski definition) is 1. The van der Waals surface area contributed by atoms with Gasteiger partial charge in [-0.1, -0.05) is 11.6 Å². The minimum absolute atomic E-state index is 0.0152. The van der Waals surface area contributed by atoms with Gasteiger partial charge < -0.3 is 5.32 Å². The lowest BCUT2D eigenvalue weighted by Crippen LogP contribution is -2.52. The molecule has 0 saturated carbocycles. The maximum absolute atomic E-state index is 12.2. The molecule has 1 aromatic carbocycles. The fourth-order valence-electron chi connectivity index (χ4n) is 2.01. The van der Waals surface area contributed by atoms with Crippen molar-refractivity contribution in [1.82, 2.24) is 10.2 Å². The highest BCUT2D eigenvalue weighted by atomic mass is 35.5. The number of Topliss-reactive ketones (excluding diaryl/α,β-unsaturated/α-hetero) is 1. The highest BCUT2D eigenvalue weighted by Crippen LogP contribution is 2.14. The molecule has 0 spiro atoms. The van der Waals surface area contributed by atoms with Crippen LogP contribution in [0.4, 0.5) is 0 Å². The average Bonchev–Trinajstić information content (AvgIpc) is 2.38. The number of carbonyl (C=O) groups excluding carboxylic acids is 2. The van der Waals surface area contributed by atoms with Crippen molar-refractivity contribution in [3.63, 3.8) is 0 Å². The molecule has 1 fully saturated rings. The largest absolute Gasteiger partial charge is 0.354 e. The number of amides is 1. The van der Waals surface area contributed by atoms with Crippen LogP contribution in [0.1, 0.15) is 17.3 Å². The topological polar surface area (TPSA) is 49.4 Å². The van der Waals surface area contributed by atoms with E-state index >= 15 is 0 Å². The fourth-order valence-corrected chi connectivity index (χ4v) is 2.14. The average molecular weight is 267 g/mol. The summed E-state index contributed by atoms with van der Waals surface area (Å²) in [5.41, 5.74) is 0.623. The molecule has 5 heteroatoms. The number of halogens is 1. The molecule has 18 heavy (non-hydrogen) atoms. The quantitative estimate of drug-likeness (QED) is 0.840. The van der Waals surface area contributed by atoms with Gasteiger partial charge in [-0.2, -0.15) is 0 Å². The third-order valence-electron chi connectivity index (χ3n) is 3.12. The summed E-state index contributed by atoms with van der Waals surface area (Å²) < 4.78 is 0. The number of benzene rings is 1. The second-order valence-corrected chi connectivity index (χ2v) is 4.80. The van der Waals surface area contributed by atoms with Crippen molar-refractivity contribution in [2.75, 3.05) is 19.6 Å². The van der Waals surface area contributed by atoms with E-state index in [1.807, 2.05) is 11.8 Å². The monoisotopic (exact) mass is 266 g/mol. The molecule has 1 N–H and O–H groups in total. The molecule has 1 amide bonds. The zero-order chi connectivity index (χ0) is 13.1. The zero-order valence-electron chi connectivity index (χ0n) is 10.1. The summed E-state index contributed by atoms with van der Waals surface area (Å²) in [5, 5.41) is 3.35. The third kappa shape index (κ3) is 2.89. The minimum Gasteiger partial charge on any atom is -0.354 e. The van der Waals surface area contributed by atoms with E-state index in [0.29, 0.717) is 23.7 Å². The SMILES string of the molecule is CC(C(=O)c1ccc(Cl)cc1)N1CCNC(=O)C1. The van der Waals surface area contributed by atoms with Crippen LogP contribution in [0.25, 0.3) is 0 Å². The number of nitrogens with zero attached hydrogens (tertiary/aromatic N) is 1. The lowest BCUT2D eigenvalue weighted by molar-refractivity contribution is -0.124. The summed E-state index contributed by atoms with van der Waals surface area (Å²) in [5.74, 6) is -0.0154. The smallest absolute Gasteiger partial charge is 0.234 e. The Morgan fingerprint density at radius 3 is 2.67 bits per heavy atom. The molecule has 2 rings (SSSR count). The Morgan fingerprint density at radius 2 is 2.06 bits per heavy atom. The van der Waals surface area contributed by atoms with Gasteiger partial charge in [0, 0.05) is 23.7 Å². The molecule has 0 aliphatic carbocycles. The molecule has 0 radical (unpaired) electrons. The summed E-state index contributed by atoms with van der Waals surface area (Å²) in [7, 11) is 0. The molecule has 0 bridgehead atoms. The van der Waals surface area contributed by atoms with Crippen LogP contribution < -0.4 is 5.32 Å². The van der Waals surface area contributed by atoms with E-state index in [1.54, 1.807) is 24.3 Å². The third-order valence-corrected chi connectivity index (χ3v) is 3.38. The highest BCUT2D eigenvalue weighted by Gasteiger charge is 2.26. The minimum atomic E-state index is -0.294. The van der Waals surface area contributed by atoms with Crippen LogP contribution in [-0.4, -0.2) is 42.3 Å². The Labute approximate surface area is 111 Å². The Morgan fingerprint density at radius 1 is 1.39 bits per heavy atom. The lowest BCUT2D eigenvalue weighted by atomic mass is 10.0. The van der Waals surface area contributed by atoms with E-state index in [2.05, 4.69) is 5.32 Å². The first-order chi connectivity index (χ1) is 8.58. The standard InChI is InChI=1S/C13H15ClN2O2/c1-9(16-7-6-15-12(17)8-16)13(18)10-2-4-11(14)5-3-10/h2-5,9H,6-8H2,1H3,(H,15,17). The maximum atomic E-state index is 12.2. The van der Waals surface area contributed by atoms with Crippen molar-refractivity contribution in [3.8, 4) is 0 Å². The summed E-state index contributed by atoms with van der Waals surface area (Å²) in [6, 6.07) is 6.53. The van der Waals surface area contributed by atoms with Gasteiger partial charge in [-0.15, -0.1) is 0 Å². The lowest BCUT2D eigenvalue weighted by Gasteiger charge is -2.31. The second kappa shape index (κ2) is 5.50. The van der Waals surface area contributed by atoms with Crippen LogP contribution in [0.3, 0.4) is 0 Å². The molecule has 1 aliphatic rings. The number of nitrogens with one attached hydrogen (secondary N) is 1. The molecule has 1 heterocycles. The number of carbonyl (C=O) groups is 2. The van der Waals surface area contributed by atoms with E-state index in [9.17, 15) is 9.59 Å². The van der Waals surface area contributed by atoms with E-state index < -0.39 is 0 Å². The van der Waals surface area contributed by atoms with Gasteiger partial charge in [-0.25, -0.2) is 0 Å². The molecule has 4 nitrogen and oxygen atoms in total. The summed E-state index contributed by atoms with van der Waals surface area (Å²) >= 11 is 5.79. The number of ketones is 1. The number of piperazine rings is 1. The Kier molecular flexibility index (Phi) is 3.99. The van der Waals surface area contributed by atoms with Gasteiger partial charge in [0.05, 0.1) is 12.6 Å². The summed E-state index contributed by atoms with van der Waals surface area (Å²) in [6.07, 6.45) is 0. The van der Waals surface area contributed by atoms with E-state index in [0.717, 1.165) is 0 Å². The predicted octanol–water partition coefficient (Wildman–Crippen LogP) is 1.34. The van der Waals surface area contributed by atoms with E-state index in [4.69, 9.17) is 11.6 Å². The number of rotatable bonds is 3. The predicted molar refractivity (Wildman–Crippen MR) is 69.8 cm³/mol. The summed E-state index contributed by atoms with van der Waals surface area (Å²) in [4.78, 5) is 25.4. The van der Waals surface area contributed by atoms with E-state index in [1.165, 1.54) is 0 Å². The molecule has 96 valence electrons. The van der Waals surface area contributed by atoms with Gasteiger partial charge in [0.15, 0.2) is 5.78 Å². The maximum Gasteiger partial charge on any atom is 0.234 e. The molecule has 1 aromatic rings. The molecule has 0 aromatic heterocycles. The first-order valence-corrected chi connectivity index (χ1v) is 6.26. The number of hydrogen-bond acceptors (Lipinski definition) is 3. The first kappa shape index (κ1) is 13.1. The fraction of sp³-hybridized carbons (Fsp3) is 0.385. The van der Waals surface area contributed by atoms with Crippen molar-refractivity contribution in [2.45, 2.75) is 13.0 Å². The van der Waals surface area contributed by atoms with E-state index in [-0.39, 0.29) is 24.3 Å². The van der Waals surface area contributed by atoms with Gasteiger partial charge in [-0.05, 0) is 31.2 Å². The summed E-state index contributed by atoms with van der Waals surface area (Å²) in [6.45, 7) is 3.40. The van der Waals surface area contributed by atoms with Gasteiger partial charge in [0.25, 0.3) is 0 Å². The highest BCUT2D eigenvalue weighted by molar-refractivity contribution is 6.30. The first-order valence-electron chi connectivity index (χ1n) is 5.88.